The van der Waals surface area contributed by atoms with Gasteiger partial charge in [0.2, 0.25) is 0 Å². The summed E-state index contributed by atoms with van der Waals surface area (Å²) in [6.45, 7) is 3.40. The smallest absolute Gasteiger partial charge is 0.329 e. The fraction of sp³-hybridized carbons (Fsp3) is 0.0952. The van der Waals surface area contributed by atoms with Crippen molar-refractivity contribution in [3.63, 3.8) is 0 Å². The molecule has 4 amide bonds. The van der Waals surface area contributed by atoms with Crippen molar-refractivity contribution < 1.29 is 23.5 Å². The number of halogens is 2. The largest absolute Gasteiger partial charge is 0.483 e. The Morgan fingerprint density at radius 3 is 2.63 bits per heavy atom. The highest BCUT2D eigenvalue weighted by Crippen LogP contribution is 2.27. The number of benzene rings is 2. The van der Waals surface area contributed by atoms with E-state index in [-0.39, 0.29) is 18.8 Å². The Labute approximate surface area is 180 Å². The van der Waals surface area contributed by atoms with Crippen molar-refractivity contribution in [1.29, 1.82) is 0 Å². The molecule has 1 heterocycles. The van der Waals surface area contributed by atoms with E-state index < -0.39 is 23.7 Å². The summed E-state index contributed by atoms with van der Waals surface area (Å²) >= 11 is 3.36. The summed E-state index contributed by atoms with van der Waals surface area (Å²) in [6.07, 6.45) is 3.01. The van der Waals surface area contributed by atoms with Crippen molar-refractivity contribution in [2.24, 2.45) is 0 Å². The second kappa shape index (κ2) is 9.36. The van der Waals surface area contributed by atoms with Crippen LogP contribution in [0.3, 0.4) is 0 Å². The van der Waals surface area contributed by atoms with Crippen LogP contribution in [0.5, 0.6) is 5.75 Å². The van der Waals surface area contributed by atoms with Crippen LogP contribution >= 0.6 is 15.9 Å². The molecule has 0 atom stereocenters. The predicted octanol–water partition coefficient (Wildman–Crippen LogP) is 3.68. The maximum absolute atomic E-state index is 12.9. The van der Waals surface area contributed by atoms with Crippen molar-refractivity contribution in [2.75, 3.05) is 18.5 Å². The Hall–Kier alpha value is -3.46. The van der Waals surface area contributed by atoms with Crippen molar-refractivity contribution in [2.45, 2.75) is 0 Å². The van der Waals surface area contributed by atoms with Gasteiger partial charge in [0.25, 0.3) is 11.8 Å². The second-order valence-electron chi connectivity index (χ2n) is 6.23. The molecule has 0 bridgehead atoms. The summed E-state index contributed by atoms with van der Waals surface area (Å²) in [7, 11) is 0. The number of rotatable bonds is 7. The third kappa shape index (κ3) is 5.12. The van der Waals surface area contributed by atoms with Crippen molar-refractivity contribution in [1.82, 2.24) is 10.2 Å². The number of nitrogens with zero attached hydrogens (tertiary/aromatic N) is 1. The lowest BCUT2D eigenvalue weighted by Crippen LogP contribution is -2.30. The van der Waals surface area contributed by atoms with E-state index in [0.717, 1.165) is 4.90 Å². The zero-order chi connectivity index (χ0) is 21.7. The molecule has 1 saturated heterocycles. The molecule has 0 unspecified atom stereocenters. The normalized spacial score (nSPS) is 14.6. The Balaban J connectivity index is 1.62. The van der Waals surface area contributed by atoms with Crippen LogP contribution < -0.4 is 15.4 Å². The lowest BCUT2D eigenvalue weighted by Gasteiger charge is -2.10. The minimum absolute atomic E-state index is 0.123. The van der Waals surface area contributed by atoms with Crippen LogP contribution in [0.2, 0.25) is 0 Å². The highest BCUT2D eigenvalue weighted by molar-refractivity contribution is 9.10. The third-order valence-corrected chi connectivity index (χ3v) is 4.65. The van der Waals surface area contributed by atoms with Gasteiger partial charge in [-0.25, -0.2) is 9.18 Å². The second-order valence-corrected chi connectivity index (χ2v) is 7.08. The van der Waals surface area contributed by atoms with Gasteiger partial charge in [0, 0.05) is 12.2 Å². The quantitative estimate of drug-likeness (QED) is 0.364. The molecule has 7 nitrogen and oxygen atoms in total. The molecule has 1 fully saturated rings. The molecule has 2 N–H and O–H groups in total. The number of amides is 4. The van der Waals surface area contributed by atoms with E-state index in [2.05, 4.69) is 33.1 Å². The molecule has 0 aliphatic carbocycles. The molecule has 0 radical (unpaired) electrons. The Morgan fingerprint density at radius 2 is 1.97 bits per heavy atom. The van der Waals surface area contributed by atoms with Gasteiger partial charge < -0.3 is 15.4 Å². The topological polar surface area (TPSA) is 87.7 Å². The third-order valence-electron chi connectivity index (χ3n) is 4.03. The maximum Gasteiger partial charge on any atom is 0.329 e. The first kappa shape index (κ1) is 21.3. The first-order valence-electron chi connectivity index (χ1n) is 8.80. The highest BCUT2D eigenvalue weighted by atomic mass is 79.9. The molecule has 3 rings (SSSR count). The number of imide groups is 1. The molecule has 0 saturated carbocycles. The van der Waals surface area contributed by atoms with Gasteiger partial charge in [-0.3, -0.25) is 14.5 Å². The minimum atomic E-state index is -0.502. The monoisotopic (exact) mass is 473 g/mol. The molecular weight excluding hydrogens is 457 g/mol. The molecule has 154 valence electrons. The summed E-state index contributed by atoms with van der Waals surface area (Å²) < 4.78 is 19.0. The van der Waals surface area contributed by atoms with Gasteiger partial charge >= 0.3 is 6.03 Å². The number of hydrogen-bond donors (Lipinski definition) is 2. The number of nitrogens with one attached hydrogen (secondary N) is 2. The maximum atomic E-state index is 12.9. The zero-order valence-electron chi connectivity index (χ0n) is 15.7. The van der Waals surface area contributed by atoms with Gasteiger partial charge in [-0.15, -0.1) is 6.58 Å². The van der Waals surface area contributed by atoms with Gasteiger partial charge in [0.1, 0.15) is 17.3 Å². The van der Waals surface area contributed by atoms with Crippen LogP contribution in [0.1, 0.15) is 5.56 Å². The van der Waals surface area contributed by atoms with Crippen LogP contribution in [-0.4, -0.2) is 35.9 Å². The summed E-state index contributed by atoms with van der Waals surface area (Å²) in [4.78, 5) is 37.1. The van der Waals surface area contributed by atoms with Crippen LogP contribution in [0.15, 0.2) is 65.3 Å². The number of carbonyl (C=O) groups is 3. The number of urea groups is 1. The molecule has 0 spiro atoms. The lowest BCUT2D eigenvalue weighted by molar-refractivity contribution is -0.122. The Morgan fingerprint density at radius 1 is 1.23 bits per heavy atom. The van der Waals surface area contributed by atoms with Gasteiger partial charge in [0.05, 0.1) is 4.47 Å². The van der Waals surface area contributed by atoms with Crippen LogP contribution in [0.4, 0.5) is 14.9 Å². The van der Waals surface area contributed by atoms with E-state index in [0.29, 0.717) is 21.5 Å². The lowest BCUT2D eigenvalue weighted by atomic mass is 10.2. The molecule has 2 aromatic rings. The standard InChI is InChI=1S/C21H17BrFN3O4/c1-2-9-26-20(28)17(25-21(26)29)11-13-3-8-18(16(22)10-13)30-12-19(27)24-15-6-4-14(23)5-7-15/h2-8,10-11H,1,9,12H2,(H,24,27)(H,25,29)/b17-11+. The van der Waals surface area contributed by atoms with E-state index in [9.17, 15) is 18.8 Å². The van der Waals surface area contributed by atoms with Crippen molar-refractivity contribution >= 4 is 45.5 Å². The van der Waals surface area contributed by atoms with E-state index >= 15 is 0 Å². The summed E-state index contributed by atoms with van der Waals surface area (Å²) in [5, 5.41) is 5.11. The van der Waals surface area contributed by atoms with Gasteiger partial charge in [-0.1, -0.05) is 12.1 Å². The van der Waals surface area contributed by atoms with E-state index in [1.807, 2.05) is 0 Å². The first-order chi connectivity index (χ1) is 14.4. The van der Waals surface area contributed by atoms with Crippen molar-refractivity contribution in [3.05, 3.63) is 76.7 Å². The number of carbonyl (C=O) groups excluding carboxylic acids is 3. The Bertz CT molecular complexity index is 1040. The predicted molar refractivity (Wildman–Crippen MR) is 113 cm³/mol. The zero-order valence-corrected chi connectivity index (χ0v) is 17.2. The molecule has 0 aromatic heterocycles. The summed E-state index contributed by atoms with van der Waals surface area (Å²) in [5.41, 5.74) is 1.26. The highest BCUT2D eigenvalue weighted by Gasteiger charge is 2.32. The molecule has 9 heteroatoms. The van der Waals surface area contributed by atoms with E-state index in [4.69, 9.17) is 4.74 Å². The summed E-state index contributed by atoms with van der Waals surface area (Å²) in [6, 6.07) is 9.89. The average molecular weight is 474 g/mol. The SMILES string of the molecule is C=CCN1C(=O)N/C(=C/c2ccc(OCC(=O)Nc3ccc(F)cc3)c(Br)c2)C1=O. The van der Waals surface area contributed by atoms with Gasteiger partial charge in [0.15, 0.2) is 6.61 Å². The van der Waals surface area contributed by atoms with Crippen molar-refractivity contribution in [3.8, 4) is 5.75 Å². The van der Waals surface area contributed by atoms with Crippen LogP contribution in [-0.2, 0) is 9.59 Å². The molecule has 30 heavy (non-hydrogen) atoms. The fourth-order valence-electron chi connectivity index (χ4n) is 2.63. The van der Waals surface area contributed by atoms with E-state index in [1.165, 1.54) is 30.3 Å². The van der Waals surface area contributed by atoms with Crippen LogP contribution in [0.25, 0.3) is 6.08 Å². The average Bonchev–Trinajstić information content (AvgIpc) is 2.97. The molecule has 1 aliphatic rings. The summed E-state index contributed by atoms with van der Waals surface area (Å²) in [5.74, 6) is -0.813. The minimum Gasteiger partial charge on any atom is -0.483 e. The first-order valence-corrected chi connectivity index (χ1v) is 9.60. The van der Waals surface area contributed by atoms with E-state index in [1.54, 1.807) is 24.3 Å². The Kier molecular flexibility index (Phi) is 6.63. The molecular formula is C21H17BrFN3O4. The number of hydrogen-bond acceptors (Lipinski definition) is 4. The number of ether oxygens (including phenoxy) is 1. The number of anilines is 1. The fourth-order valence-corrected chi connectivity index (χ4v) is 3.14. The van der Waals surface area contributed by atoms with Gasteiger partial charge in [-0.05, 0) is 64.0 Å². The van der Waals surface area contributed by atoms with Gasteiger partial charge in [-0.2, -0.15) is 0 Å². The van der Waals surface area contributed by atoms with Crippen LogP contribution in [0, 0.1) is 5.82 Å². The molecule has 2 aromatic carbocycles. The molecule has 1 aliphatic heterocycles.